The zero-order chi connectivity index (χ0) is 24.8. The molecule has 9 heteroatoms. The molecule has 4 rings (SSSR count). The third-order valence-electron chi connectivity index (χ3n) is 6.17. The van der Waals surface area contributed by atoms with Crippen LogP contribution in [0.3, 0.4) is 0 Å². The average molecular weight is 497 g/mol. The SMILES string of the molecule is CCCCCn1nc(C(=O)OCC(=O)N2CCN(c3cccc(Cl)c3)CC2)c2ccccc2c1=O. The number of halogens is 1. The van der Waals surface area contributed by atoms with Crippen molar-refractivity contribution in [1.29, 1.82) is 0 Å². The molecular formula is C26H29ClN4O4. The molecule has 0 saturated carbocycles. The summed E-state index contributed by atoms with van der Waals surface area (Å²) in [6.45, 7) is 4.49. The first kappa shape index (κ1) is 24.7. The third-order valence-corrected chi connectivity index (χ3v) is 6.40. The number of ether oxygens (including phenoxy) is 1. The number of aryl methyl sites for hydroxylation is 1. The maximum Gasteiger partial charge on any atom is 0.359 e. The van der Waals surface area contributed by atoms with Gasteiger partial charge in [-0.2, -0.15) is 5.10 Å². The number of benzene rings is 2. The smallest absolute Gasteiger partial charge is 0.359 e. The van der Waals surface area contributed by atoms with Gasteiger partial charge in [0.2, 0.25) is 0 Å². The van der Waals surface area contributed by atoms with E-state index in [9.17, 15) is 14.4 Å². The number of esters is 1. The van der Waals surface area contributed by atoms with Gasteiger partial charge in [-0.15, -0.1) is 0 Å². The number of amides is 1. The number of carbonyl (C=O) groups excluding carboxylic acids is 2. The van der Waals surface area contributed by atoms with E-state index in [1.165, 1.54) is 4.68 Å². The molecule has 1 aromatic heterocycles. The third kappa shape index (κ3) is 5.82. The molecule has 0 spiro atoms. The number of rotatable bonds is 8. The maximum absolute atomic E-state index is 12.9. The van der Waals surface area contributed by atoms with Gasteiger partial charge < -0.3 is 14.5 Å². The molecule has 0 atom stereocenters. The normalized spacial score (nSPS) is 13.8. The van der Waals surface area contributed by atoms with Crippen molar-refractivity contribution in [3.05, 3.63) is 69.6 Å². The van der Waals surface area contributed by atoms with Crippen molar-refractivity contribution in [2.24, 2.45) is 0 Å². The molecule has 0 aliphatic carbocycles. The Bertz CT molecular complexity index is 1270. The van der Waals surface area contributed by atoms with E-state index < -0.39 is 5.97 Å². The van der Waals surface area contributed by atoms with Gasteiger partial charge >= 0.3 is 5.97 Å². The van der Waals surface area contributed by atoms with E-state index in [4.69, 9.17) is 16.3 Å². The van der Waals surface area contributed by atoms with Crippen LogP contribution in [0.25, 0.3) is 10.8 Å². The van der Waals surface area contributed by atoms with Crippen molar-refractivity contribution >= 4 is 39.9 Å². The van der Waals surface area contributed by atoms with Crippen LogP contribution in [0.15, 0.2) is 53.3 Å². The van der Waals surface area contributed by atoms with E-state index in [0.29, 0.717) is 48.5 Å². The molecule has 1 amide bonds. The topological polar surface area (TPSA) is 84.7 Å². The predicted octanol–water partition coefficient (Wildman–Crippen LogP) is 3.75. The van der Waals surface area contributed by atoms with Crippen LogP contribution in [-0.2, 0) is 16.1 Å². The lowest BCUT2D eigenvalue weighted by Gasteiger charge is -2.36. The lowest BCUT2D eigenvalue weighted by Crippen LogP contribution is -2.50. The van der Waals surface area contributed by atoms with Gasteiger partial charge in [0.15, 0.2) is 12.3 Å². The average Bonchev–Trinajstić information content (AvgIpc) is 2.88. The Labute approximate surface area is 209 Å². The van der Waals surface area contributed by atoms with Crippen LogP contribution in [0.5, 0.6) is 0 Å². The monoisotopic (exact) mass is 496 g/mol. The van der Waals surface area contributed by atoms with E-state index in [2.05, 4.69) is 16.9 Å². The number of anilines is 1. The summed E-state index contributed by atoms with van der Waals surface area (Å²) in [5, 5.41) is 5.81. The summed E-state index contributed by atoms with van der Waals surface area (Å²) < 4.78 is 6.68. The van der Waals surface area contributed by atoms with Gasteiger partial charge in [0.25, 0.3) is 11.5 Å². The number of carbonyl (C=O) groups is 2. The molecule has 35 heavy (non-hydrogen) atoms. The fourth-order valence-electron chi connectivity index (χ4n) is 4.22. The molecule has 1 aliphatic heterocycles. The fraction of sp³-hybridized carbons (Fsp3) is 0.385. The summed E-state index contributed by atoms with van der Waals surface area (Å²) >= 11 is 6.09. The summed E-state index contributed by atoms with van der Waals surface area (Å²) in [6, 6.07) is 14.5. The molecule has 0 bridgehead atoms. The van der Waals surface area contributed by atoms with Crippen molar-refractivity contribution in [3.8, 4) is 0 Å². The van der Waals surface area contributed by atoms with Crippen LogP contribution >= 0.6 is 11.6 Å². The lowest BCUT2D eigenvalue weighted by molar-refractivity contribution is -0.134. The number of aromatic nitrogens is 2. The van der Waals surface area contributed by atoms with Gasteiger partial charge in [-0.25, -0.2) is 9.48 Å². The van der Waals surface area contributed by atoms with Crippen molar-refractivity contribution < 1.29 is 14.3 Å². The highest BCUT2D eigenvalue weighted by molar-refractivity contribution is 6.30. The van der Waals surface area contributed by atoms with Crippen molar-refractivity contribution in [2.75, 3.05) is 37.7 Å². The van der Waals surface area contributed by atoms with Crippen molar-refractivity contribution in [2.45, 2.75) is 32.7 Å². The van der Waals surface area contributed by atoms with Gasteiger partial charge in [0.1, 0.15) is 0 Å². The minimum Gasteiger partial charge on any atom is -0.451 e. The Morgan fingerprint density at radius 1 is 1.00 bits per heavy atom. The van der Waals surface area contributed by atoms with Gasteiger partial charge in [0, 0.05) is 48.8 Å². The van der Waals surface area contributed by atoms with Crippen LogP contribution in [0.4, 0.5) is 5.69 Å². The number of fused-ring (bicyclic) bond motifs is 1. The fourth-order valence-corrected chi connectivity index (χ4v) is 4.41. The minimum absolute atomic E-state index is 0.0512. The Hall–Kier alpha value is -3.39. The van der Waals surface area contributed by atoms with Crippen molar-refractivity contribution in [1.82, 2.24) is 14.7 Å². The lowest BCUT2D eigenvalue weighted by atomic mass is 10.1. The Morgan fingerprint density at radius 3 is 2.46 bits per heavy atom. The van der Waals surface area contributed by atoms with Crippen LogP contribution < -0.4 is 10.5 Å². The van der Waals surface area contributed by atoms with Crippen molar-refractivity contribution in [3.63, 3.8) is 0 Å². The molecule has 8 nitrogen and oxygen atoms in total. The minimum atomic E-state index is -0.712. The van der Waals surface area contributed by atoms with Crippen LogP contribution in [-0.4, -0.2) is 59.3 Å². The number of piperazine rings is 1. The van der Waals surface area contributed by atoms with E-state index in [0.717, 1.165) is 24.9 Å². The summed E-state index contributed by atoms with van der Waals surface area (Å²) in [6.07, 6.45) is 2.75. The van der Waals surface area contributed by atoms with Gasteiger partial charge in [-0.3, -0.25) is 9.59 Å². The Balaban J connectivity index is 1.40. The molecule has 1 fully saturated rings. The van der Waals surface area contributed by atoms with Gasteiger partial charge in [-0.1, -0.05) is 55.6 Å². The molecule has 184 valence electrons. The molecule has 0 unspecified atom stereocenters. The second kappa shape index (κ2) is 11.4. The highest BCUT2D eigenvalue weighted by Crippen LogP contribution is 2.21. The van der Waals surface area contributed by atoms with Crippen LogP contribution in [0.2, 0.25) is 5.02 Å². The first-order valence-electron chi connectivity index (χ1n) is 11.9. The standard InChI is InChI=1S/C26H29ClN4O4/c1-2-3-6-12-31-25(33)22-11-5-4-10-21(22)24(28-31)26(34)35-18-23(32)30-15-13-29(14-16-30)20-9-7-8-19(27)17-20/h4-5,7-11,17H,2-3,6,12-16,18H2,1H3. The van der Waals surface area contributed by atoms with Crippen LogP contribution in [0.1, 0.15) is 36.7 Å². The number of nitrogens with zero attached hydrogens (tertiary/aromatic N) is 4. The first-order chi connectivity index (χ1) is 17.0. The molecule has 0 radical (unpaired) electrons. The highest BCUT2D eigenvalue weighted by atomic mass is 35.5. The zero-order valence-electron chi connectivity index (χ0n) is 19.8. The molecule has 1 saturated heterocycles. The molecular weight excluding hydrogens is 468 g/mol. The number of hydrogen-bond donors (Lipinski definition) is 0. The second-order valence-electron chi connectivity index (χ2n) is 8.55. The van der Waals surface area contributed by atoms with E-state index in [1.807, 2.05) is 24.3 Å². The zero-order valence-corrected chi connectivity index (χ0v) is 20.5. The van der Waals surface area contributed by atoms with Crippen LogP contribution in [0, 0.1) is 0 Å². The maximum atomic E-state index is 12.9. The quantitative estimate of drug-likeness (QED) is 0.349. The molecule has 0 N–H and O–H groups in total. The van der Waals surface area contributed by atoms with E-state index >= 15 is 0 Å². The summed E-state index contributed by atoms with van der Waals surface area (Å²) in [5.74, 6) is -0.971. The molecule has 2 aromatic carbocycles. The van der Waals surface area contributed by atoms with E-state index in [-0.39, 0.29) is 23.8 Å². The molecule has 2 heterocycles. The van der Waals surface area contributed by atoms with Gasteiger partial charge in [0.05, 0.1) is 5.39 Å². The largest absolute Gasteiger partial charge is 0.451 e. The Morgan fingerprint density at radius 2 is 1.74 bits per heavy atom. The Kier molecular flexibility index (Phi) is 8.02. The summed E-state index contributed by atoms with van der Waals surface area (Å²) in [7, 11) is 0. The summed E-state index contributed by atoms with van der Waals surface area (Å²) in [4.78, 5) is 42.3. The second-order valence-corrected chi connectivity index (χ2v) is 8.99. The highest BCUT2D eigenvalue weighted by Gasteiger charge is 2.24. The summed E-state index contributed by atoms with van der Waals surface area (Å²) in [5.41, 5.74) is 0.834. The number of hydrogen-bond acceptors (Lipinski definition) is 6. The first-order valence-corrected chi connectivity index (χ1v) is 12.3. The number of unbranched alkanes of at least 4 members (excludes halogenated alkanes) is 2. The molecule has 1 aliphatic rings. The molecule has 3 aromatic rings. The predicted molar refractivity (Wildman–Crippen MR) is 136 cm³/mol. The van der Waals surface area contributed by atoms with Gasteiger partial charge in [-0.05, 0) is 30.7 Å². The van der Waals surface area contributed by atoms with E-state index in [1.54, 1.807) is 29.2 Å².